The van der Waals surface area contributed by atoms with E-state index in [1.807, 2.05) is 37.3 Å². The molecule has 1 saturated carbocycles. The molecule has 0 saturated heterocycles. The smallest absolute Gasteiger partial charge is 0.254 e. The number of hydrogen-bond acceptors (Lipinski definition) is 2. The minimum Gasteiger partial charge on any atom is -0.345 e. The largest absolute Gasteiger partial charge is 0.345 e. The lowest BCUT2D eigenvalue weighted by molar-refractivity contribution is -0.136. The summed E-state index contributed by atoms with van der Waals surface area (Å²) in [6.07, 6.45) is 8.44. The van der Waals surface area contributed by atoms with Crippen LogP contribution in [0.4, 0.5) is 0 Å². The third-order valence-corrected chi connectivity index (χ3v) is 8.10. The van der Waals surface area contributed by atoms with Crippen molar-refractivity contribution in [1.29, 1.82) is 0 Å². The molecule has 5 nitrogen and oxygen atoms in total. The maximum absolute atomic E-state index is 14.0. The molecule has 2 aromatic carbocycles. The molecule has 37 heavy (non-hydrogen) atoms. The van der Waals surface area contributed by atoms with Gasteiger partial charge in [0.2, 0.25) is 5.91 Å². The first-order valence-electron chi connectivity index (χ1n) is 13.5. The van der Waals surface area contributed by atoms with Crippen LogP contribution >= 0.6 is 15.9 Å². The molecule has 4 rings (SSSR count). The molecule has 1 aliphatic carbocycles. The monoisotopic (exact) mass is 563 g/mol. The van der Waals surface area contributed by atoms with Crippen molar-refractivity contribution in [3.63, 3.8) is 0 Å². The van der Waals surface area contributed by atoms with Crippen molar-refractivity contribution in [1.82, 2.24) is 14.4 Å². The van der Waals surface area contributed by atoms with Gasteiger partial charge in [0.25, 0.3) is 5.91 Å². The second-order valence-electron chi connectivity index (χ2n) is 10.1. The summed E-state index contributed by atoms with van der Waals surface area (Å²) in [5.41, 5.74) is 2.97. The first-order chi connectivity index (χ1) is 18.0. The van der Waals surface area contributed by atoms with Gasteiger partial charge in [-0.1, -0.05) is 72.4 Å². The van der Waals surface area contributed by atoms with Crippen molar-refractivity contribution in [3.05, 3.63) is 94.2 Å². The molecule has 6 heteroatoms. The number of amides is 2. The molecule has 1 aromatic heterocycles. The van der Waals surface area contributed by atoms with Crippen LogP contribution in [0.5, 0.6) is 0 Å². The summed E-state index contributed by atoms with van der Waals surface area (Å²) in [6, 6.07) is 22.2. The lowest BCUT2D eigenvalue weighted by Gasteiger charge is -2.37. The average molecular weight is 565 g/mol. The van der Waals surface area contributed by atoms with E-state index in [9.17, 15) is 9.59 Å². The molecule has 0 aliphatic heterocycles. The number of rotatable bonds is 10. The Morgan fingerprint density at radius 1 is 0.973 bits per heavy atom. The lowest BCUT2D eigenvalue weighted by Crippen LogP contribution is -2.49. The molecule has 1 heterocycles. The summed E-state index contributed by atoms with van der Waals surface area (Å²) in [5, 5.41) is 0. The van der Waals surface area contributed by atoms with Crippen molar-refractivity contribution in [2.24, 2.45) is 0 Å². The van der Waals surface area contributed by atoms with Gasteiger partial charge in [0.05, 0.1) is 6.54 Å². The van der Waals surface area contributed by atoms with Crippen LogP contribution in [0.25, 0.3) is 0 Å². The fraction of sp³-hybridized carbons (Fsp3) is 0.419. The second-order valence-corrected chi connectivity index (χ2v) is 11.0. The molecule has 0 N–H and O–H groups in total. The molecular weight excluding hydrogens is 526 g/mol. The quantitative estimate of drug-likeness (QED) is 0.269. The van der Waals surface area contributed by atoms with Crippen molar-refractivity contribution in [2.45, 2.75) is 77.5 Å². The Morgan fingerprint density at radius 2 is 1.68 bits per heavy atom. The minimum absolute atomic E-state index is 0.0322. The topological polar surface area (TPSA) is 45.6 Å². The van der Waals surface area contributed by atoms with Crippen LogP contribution in [-0.4, -0.2) is 44.8 Å². The van der Waals surface area contributed by atoms with Gasteiger partial charge in [-0.2, -0.15) is 0 Å². The van der Waals surface area contributed by atoms with Gasteiger partial charge in [-0.25, -0.2) is 0 Å². The molecule has 3 aromatic rings. The molecule has 0 radical (unpaired) electrons. The Labute approximate surface area is 229 Å². The van der Waals surface area contributed by atoms with Gasteiger partial charge in [0.15, 0.2) is 0 Å². The van der Waals surface area contributed by atoms with Crippen molar-refractivity contribution < 1.29 is 9.59 Å². The lowest BCUT2D eigenvalue weighted by atomic mass is 9.94. The highest BCUT2D eigenvalue weighted by molar-refractivity contribution is 9.10. The number of nitrogens with zero attached hydrogens (tertiary/aromatic N) is 3. The van der Waals surface area contributed by atoms with E-state index in [0.717, 1.165) is 48.8 Å². The molecular formula is C31H38BrN3O2. The van der Waals surface area contributed by atoms with Gasteiger partial charge in [-0.3, -0.25) is 9.59 Å². The maximum Gasteiger partial charge on any atom is 0.254 e. The van der Waals surface area contributed by atoms with Gasteiger partial charge in [-0.05, 0) is 68.1 Å². The molecule has 1 aliphatic rings. The highest BCUT2D eigenvalue weighted by Crippen LogP contribution is 2.25. The first kappa shape index (κ1) is 27.2. The zero-order chi connectivity index (χ0) is 26.2. The fourth-order valence-corrected chi connectivity index (χ4v) is 5.42. The number of carbonyl (C=O) groups is 2. The molecule has 1 atom stereocenters. The van der Waals surface area contributed by atoms with Gasteiger partial charge in [0.1, 0.15) is 6.54 Å². The summed E-state index contributed by atoms with van der Waals surface area (Å²) >= 11 is 3.44. The Bertz CT molecular complexity index is 1150. The summed E-state index contributed by atoms with van der Waals surface area (Å²) in [4.78, 5) is 31.3. The van der Waals surface area contributed by atoms with Crippen molar-refractivity contribution in [3.8, 4) is 0 Å². The summed E-state index contributed by atoms with van der Waals surface area (Å²) < 4.78 is 3.16. The number of halogens is 1. The normalized spacial score (nSPS) is 14.8. The van der Waals surface area contributed by atoms with Crippen LogP contribution in [0.2, 0.25) is 0 Å². The Hall–Kier alpha value is -2.86. The highest BCUT2D eigenvalue weighted by atomic mass is 79.9. The van der Waals surface area contributed by atoms with E-state index < -0.39 is 0 Å². The van der Waals surface area contributed by atoms with E-state index in [1.54, 1.807) is 4.90 Å². The predicted octanol–water partition coefficient (Wildman–Crippen LogP) is 6.90. The van der Waals surface area contributed by atoms with Crippen LogP contribution in [0.3, 0.4) is 0 Å². The third kappa shape index (κ3) is 7.13. The third-order valence-electron chi connectivity index (χ3n) is 7.57. The van der Waals surface area contributed by atoms with E-state index in [0.29, 0.717) is 12.1 Å². The predicted molar refractivity (Wildman–Crippen MR) is 152 cm³/mol. The minimum atomic E-state index is -0.0914. The van der Waals surface area contributed by atoms with Gasteiger partial charge in [-0.15, -0.1) is 0 Å². The number of carbonyl (C=O) groups excluding carboxylic acids is 2. The van der Waals surface area contributed by atoms with E-state index >= 15 is 0 Å². The van der Waals surface area contributed by atoms with Crippen LogP contribution in [-0.2, 0) is 17.9 Å². The summed E-state index contributed by atoms with van der Waals surface area (Å²) in [5.74, 6) is -0.0589. The van der Waals surface area contributed by atoms with Crippen LogP contribution in [0, 0.1) is 0 Å². The van der Waals surface area contributed by atoms with Crippen LogP contribution in [0.15, 0.2) is 77.4 Å². The molecule has 1 fully saturated rings. The average Bonchev–Trinajstić information content (AvgIpc) is 3.37. The van der Waals surface area contributed by atoms with E-state index in [-0.39, 0.29) is 30.4 Å². The summed E-state index contributed by atoms with van der Waals surface area (Å²) in [7, 11) is 0. The highest BCUT2D eigenvalue weighted by Gasteiger charge is 2.30. The Balaban J connectivity index is 1.56. The summed E-state index contributed by atoms with van der Waals surface area (Å²) in [6.45, 7) is 5.52. The molecule has 196 valence electrons. The molecule has 0 spiro atoms. The van der Waals surface area contributed by atoms with Crippen molar-refractivity contribution in [2.75, 3.05) is 6.54 Å². The zero-order valence-corrected chi connectivity index (χ0v) is 23.6. The van der Waals surface area contributed by atoms with Gasteiger partial charge < -0.3 is 14.4 Å². The van der Waals surface area contributed by atoms with E-state index in [2.05, 4.69) is 74.9 Å². The van der Waals surface area contributed by atoms with Crippen molar-refractivity contribution >= 4 is 27.7 Å². The SMILES string of the molecule is CCC(C)N(CC(=O)N(Cc1cccn1Cc1ccccc1)C1CCCCC1)C(=O)c1ccc(Br)cc1. The van der Waals surface area contributed by atoms with E-state index in [4.69, 9.17) is 0 Å². The molecule has 0 bridgehead atoms. The standard InChI is InChI=1S/C31H38BrN3O2/c1-3-24(2)34(31(37)26-16-18-27(32)19-17-26)23-30(36)35(28-13-8-5-9-14-28)22-29-15-10-20-33(29)21-25-11-6-4-7-12-25/h4,6-7,10-12,15-20,24,28H,3,5,8-9,13-14,21-23H2,1-2H3. The number of hydrogen-bond donors (Lipinski definition) is 0. The molecule has 2 amide bonds. The Kier molecular flexibility index (Phi) is 9.62. The van der Waals surface area contributed by atoms with Gasteiger partial charge >= 0.3 is 0 Å². The van der Waals surface area contributed by atoms with Gasteiger partial charge in [0, 0.05) is 40.6 Å². The van der Waals surface area contributed by atoms with Crippen LogP contribution in [0.1, 0.15) is 74.0 Å². The first-order valence-corrected chi connectivity index (χ1v) is 14.3. The molecule has 1 unspecified atom stereocenters. The zero-order valence-electron chi connectivity index (χ0n) is 22.0. The fourth-order valence-electron chi connectivity index (χ4n) is 5.16. The number of benzene rings is 2. The Morgan fingerprint density at radius 3 is 2.35 bits per heavy atom. The maximum atomic E-state index is 14.0. The second kappa shape index (κ2) is 13.1. The van der Waals surface area contributed by atoms with Crippen LogP contribution < -0.4 is 0 Å². The number of aromatic nitrogens is 1. The van der Waals surface area contributed by atoms with E-state index in [1.165, 1.54) is 12.0 Å².